The van der Waals surface area contributed by atoms with E-state index in [1.165, 1.54) is 0 Å². The first-order valence-electron chi connectivity index (χ1n) is 1.72. The van der Waals surface area contributed by atoms with Crippen LogP contribution in [0.1, 0.15) is 6.92 Å². The fourth-order valence-electron chi connectivity index (χ4n) is 0.171. The van der Waals surface area contributed by atoms with E-state index in [0.717, 1.165) is 5.70 Å². The minimum atomic E-state index is 0.748. The Bertz CT molecular complexity index is 73.6. The molecule has 0 bridgehead atoms. The molecule has 0 rings (SSSR count). The number of azo groups is 1. The van der Waals surface area contributed by atoms with Gasteiger partial charge in [-0.05, 0) is 6.92 Å². The molecule has 0 amide bonds. The van der Waals surface area contributed by atoms with Gasteiger partial charge in [0, 0.05) is 7.05 Å². The minimum absolute atomic E-state index is 0.748. The second-order valence-corrected chi connectivity index (χ2v) is 1.04. The highest BCUT2D eigenvalue weighted by Crippen LogP contribution is 1.85. The van der Waals surface area contributed by atoms with Gasteiger partial charge in [0.2, 0.25) is 0 Å². The summed E-state index contributed by atoms with van der Waals surface area (Å²) in [7, 11) is 1.62. The topological polar surface area (TPSA) is 24.7 Å². The van der Waals surface area contributed by atoms with Crippen molar-refractivity contribution in [2.45, 2.75) is 6.92 Å². The van der Waals surface area contributed by atoms with Crippen LogP contribution in [0.5, 0.6) is 0 Å². The molecule has 2 heteroatoms. The Hall–Kier alpha value is -0.660. The molecule has 0 aromatic carbocycles. The Morgan fingerprint density at radius 2 is 2.17 bits per heavy atom. The molecular weight excluding hydrogens is 76.1 g/mol. The normalized spacial score (nSPS) is 9.67. The lowest BCUT2D eigenvalue weighted by molar-refractivity contribution is 1.09. The molecule has 0 saturated carbocycles. The van der Waals surface area contributed by atoms with Crippen molar-refractivity contribution in [3.05, 3.63) is 12.3 Å². The molecule has 0 heterocycles. The molecule has 0 aromatic heterocycles. The van der Waals surface area contributed by atoms with Gasteiger partial charge in [0.15, 0.2) is 0 Å². The van der Waals surface area contributed by atoms with Crippen molar-refractivity contribution in [1.82, 2.24) is 0 Å². The van der Waals surface area contributed by atoms with Crippen molar-refractivity contribution in [2.24, 2.45) is 10.2 Å². The van der Waals surface area contributed by atoms with Crippen molar-refractivity contribution in [3.63, 3.8) is 0 Å². The van der Waals surface area contributed by atoms with Gasteiger partial charge in [-0.1, -0.05) is 6.58 Å². The fraction of sp³-hybridized carbons (Fsp3) is 0.500. The predicted octanol–water partition coefficient (Wildman–Crippen LogP) is 1.60. The van der Waals surface area contributed by atoms with Crippen LogP contribution in [0.3, 0.4) is 0 Å². The largest absolute Gasteiger partial charge is 0.192 e. The summed E-state index contributed by atoms with van der Waals surface area (Å²) in [6.45, 7) is 5.28. The number of allylic oxidation sites excluding steroid dienone is 1. The van der Waals surface area contributed by atoms with Crippen LogP contribution in [0.15, 0.2) is 22.5 Å². The van der Waals surface area contributed by atoms with Crippen molar-refractivity contribution in [3.8, 4) is 0 Å². The van der Waals surface area contributed by atoms with Gasteiger partial charge < -0.3 is 0 Å². The molecule has 6 heavy (non-hydrogen) atoms. The highest BCUT2D eigenvalue weighted by molar-refractivity contribution is 4.81. The van der Waals surface area contributed by atoms with Gasteiger partial charge >= 0.3 is 0 Å². The van der Waals surface area contributed by atoms with Gasteiger partial charge in [-0.2, -0.15) is 10.2 Å². The summed E-state index contributed by atoms with van der Waals surface area (Å²) in [6, 6.07) is 0. The SMILES string of the molecule is C=C(C)/N=N\C. The molecule has 0 aromatic rings. The summed E-state index contributed by atoms with van der Waals surface area (Å²) in [6.07, 6.45) is 0. The zero-order chi connectivity index (χ0) is 4.99. The van der Waals surface area contributed by atoms with Crippen LogP contribution in [0, 0.1) is 0 Å². The van der Waals surface area contributed by atoms with Crippen LogP contribution >= 0.6 is 0 Å². The third-order valence-corrected chi connectivity index (χ3v) is 0.271. The highest BCUT2D eigenvalue weighted by Gasteiger charge is 1.65. The third-order valence-electron chi connectivity index (χ3n) is 0.271. The maximum absolute atomic E-state index is 3.56. The summed E-state index contributed by atoms with van der Waals surface area (Å²) in [5.74, 6) is 0. The van der Waals surface area contributed by atoms with Crippen LogP contribution in [0.25, 0.3) is 0 Å². The summed E-state index contributed by atoms with van der Waals surface area (Å²) in [5, 5.41) is 7.02. The Balaban J connectivity index is 3.30. The summed E-state index contributed by atoms with van der Waals surface area (Å²) in [4.78, 5) is 0. The van der Waals surface area contributed by atoms with Crippen LogP contribution in [0.2, 0.25) is 0 Å². The maximum atomic E-state index is 3.56. The molecule has 0 unspecified atom stereocenters. The predicted molar refractivity (Wildman–Crippen MR) is 25.6 cm³/mol. The number of nitrogens with zero attached hydrogens (tertiary/aromatic N) is 2. The zero-order valence-electron chi connectivity index (χ0n) is 4.10. The van der Waals surface area contributed by atoms with E-state index in [0.29, 0.717) is 0 Å². The van der Waals surface area contributed by atoms with Crippen molar-refractivity contribution >= 4 is 0 Å². The molecular formula is C4H8N2. The van der Waals surface area contributed by atoms with Crippen LogP contribution < -0.4 is 0 Å². The first kappa shape index (κ1) is 5.34. The quantitative estimate of drug-likeness (QED) is 0.431. The monoisotopic (exact) mass is 84.1 g/mol. The molecule has 2 nitrogen and oxygen atoms in total. The average Bonchev–Trinajstić information content (AvgIpc) is 1.35. The Labute approximate surface area is 37.6 Å². The molecule has 0 N–H and O–H groups in total. The smallest absolute Gasteiger partial charge is 0.0523 e. The molecule has 34 valence electrons. The molecule has 0 aliphatic carbocycles. The van der Waals surface area contributed by atoms with E-state index in [1.54, 1.807) is 14.0 Å². The summed E-state index contributed by atoms with van der Waals surface area (Å²) < 4.78 is 0. The lowest BCUT2D eigenvalue weighted by Gasteiger charge is -1.75. The van der Waals surface area contributed by atoms with Crippen molar-refractivity contribution in [1.29, 1.82) is 0 Å². The molecule has 0 aliphatic heterocycles. The first-order chi connectivity index (χ1) is 2.77. The van der Waals surface area contributed by atoms with Crippen LogP contribution in [-0.4, -0.2) is 7.05 Å². The van der Waals surface area contributed by atoms with Gasteiger partial charge in [-0.25, -0.2) is 0 Å². The fourth-order valence-corrected chi connectivity index (χ4v) is 0.171. The molecule has 0 saturated heterocycles. The Morgan fingerprint density at radius 3 is 2.17 bits per heavy atom. The maximum Gasteiger partial charge on any atom is 0.0523 e. The van der Waals surface area contributed by atoms with Gasteiger partial charge in [0.1, 0.15) is 0 Å². The molecule has 0 fully saturated rings. The zero-order valence-corrected chi connectivity index (χ0v) is 4.10. The van der Waals surface area contributed by atoms with E-state index in [4.69, 9.17) is 0 Å². The summed E-state index contributed by atoms with van der Waals surface area (Å²) >= 11 is 0. The lowest BCUT2D eigenvalue weighted by atomic mass is 10.6. The number of hydrogen-bond acceptors (Lipinski definition) is 2. The van der Waals surface area contributed by atoms with E-state index < -0.39 is 0 Å². The second kappa shape index (κ2) is 2.57. The standard InChI is InChI=1S/C4H8N2/c1-4(2)6-5-3/h1H2,2-3H3/b6-5-. The van der Waals surface area contributed by atoms with E-state index in [9.17, 15) is 0 Å². The lowest BCUT2D eigenvalue weighted by Crippen LogP contribution is -1.55. The number of rotatable bonds is 1. The van der Waals surface area contributed by atoms with Gasteiger partial charge in [0.05, 0.1) is 5.70 Å². The average molecular weight is 84.1 g/mol. The van der Waals surface area contributed by atoms with E-state index in [1.807, 2.05) is 0 Å². The van der Waals surface area contributed by atoms with Gasteiger partial charge in [-0.3, -0.25) is 0 Å². The summed E-state index contributed by atoms with van der Waals surface area (Å²) in [5.41, 5.74) is 0.748. The van der Waals surface area contributed by atoms with E-state index in [2.05, 4.69) is 16.8 Å². The highest BCUT2D eigenvalue weighted by atomic mass is 15.1. The van der Waals surface area contributed by atoms with E-state index >= 15 is 0 Å². The van der Waals surface area contributed by atoms with Crippen LogP contribution in [-0.2, 0) is 0 Å². The third kappa shape index (κ3) is 3.34. The molecule has 0 radical (unpaired) electrons. The van der Waals surface area contributed by atoms with Gasteiger partial charge in [-0.15, -0.1) is 0 Å². The Kier molecular flexibility index (Phi) is 2.29. The van der Waals surface area contributed by atoms with E-state index in [-0.39, 0.29) is 0 Å². The number of hydrogen-bond donors (Lipinski definition) is 0. The van der Waals surface area contributed by atoms with Crippen molar-refractivity contribution < 1.29 is 0 Å². The minimum Gasteiger partial charge on any atom is -0.192 e. The van der Waals surface area contributed by atoms with Gasteiger partial charge in [0.25, 0.3) is 0 Å². The van der Waals surface area contributed by atoms with Crippen LogP contribution in [0.4, 0.5) is 0 Å². The molecule has 0 spiro atoms. The van der Waals surface area contributed by atoms with Crippen molar-refractivity contribution in [2.75, 3.05) is 7.05 Å². The Morgan fingerprint density at radius 1 is 1.67 bits per heavy atom. The second-order valence-electron chi connectivity index (χ2n) is 1.04. The molecule has 0 aliphatic rings. The molecule has 0 atom stereocenters. The first-order valence-corrected chi connectivity index (χ1v) is 1.72.